The molecule has 1 aromatic heterocycles. The summed E-state index contributed by atoms with van der Waals surface area (Å²) in [7, 11) is 1.98. The van der Waals surface area contributed by atoms with Gasteiger partial charge in [0.05, 0.1) is 11.6 Å². The van der Waals surface area contributed by atoms with Crippen molar-refractivity contribution in [2.45, 2.75) is 18.9 Å². The maximum absolute atomic E-state index is 12.9. The van der Waals surface area contributed by atoms with Crippen LogP contribution < -0.4 is 5.32 Å². The van der Waals surface area contributed by atoms with E-state index in [1.807, 2.05) is 48.1 Å². The van der Waals surface area contributed by atoms with Crippen LogP contribution in [0.5, 0.6) is 0 Å². The van der Waals surface area contributed by atoms with Crippen molar-refractivity contribution in [1.82, 2.24) is 14.8 Å². The molecule has 1 aliphatic heterocycles. The van der Waals surface area contributed by atoms with Gasteiger partial charge in [0.25, 0.3) is 5.91 Å². The summed E-state index contributed by atoms with van der Waals surface area (Å²) in [5.41, 5.74) is 3.10. The minimum atomic E-state index is 0.00179. The van der Waals surface area contributed by atoms with Crippen molar-refractivity contribution >= 4 is 16.8 Å². The van der Waals surface area contributed by atoms with Crippen LogP contribution in [0.15, 0.2) is 60.8 Å². The Morgan fingerprint density at radius 1 is 1.04 bits per heavy atom. The molecule has 1 atom stereocenters. The van der Waals surface area contributed by atoms with E-state index in [2.05, 4.69) is 34.5 Å². The lowest BCUT2D eigenvalue weighted by Gasteiger charge is -2.28. The predicted octanol–water partition coefficient (Wildman–Crippen LogP) is 3.75. The van der Waals surface area contributed by atoms with Gasteiger partial charge in [-0.1, -0.05) is 48.5 Å². The van der Waals surface area contributed by atoms with E-state index < -0.39 is 0 Å². The fourth-order valence-corrected chi connectivity index (χ4v) is 3.99. The number of likely N-dealkylation sites (tertiary alicyclic amines) is 1. The van der Waals surface area contributed by atoms with E-state index >= 15 is 0 Å². The van der Waals surface area contributed by atoms with E-state index in [9.17, 15) is 4.79 Å². The first-order valence-corrected chi connectivity index (χ1v) is 9.35. The van der Waals surface area contributed by atoms with Crippen LogP contribution in [0, 0.1) is 0 Å². The van der Waals surface area contributed by atoms with Gasteiger partial charge < -0.3 is 9.88 Å². The fourth-order valence-electron chi connectivity index (χ4n) is 3.99. The molecule has 0 aliphatic carbocycles. The van der Waals surface area contributed by atoms with Crippen molar-refractivity contribution in [3.63, 3.8) is 0 Å². The highest BCUT2D eigenvalue weighted by molar-refractivity contribution is 6.06. The van der Waals surface area contributed by atoms with E-state index in [-0.39, 0.29) is 11.9 Å². The van der Waals surface area contributed by atoms with Gasteiger partial charge in [0, 0.05) is 30.7 Å². The van der Waals surface area contributed by atoms with Gasteiger partial charge in [-0.05, 0) is 37.6 Å². The van der Waals surface area contributed by atoms with Gasteiger partial charge in [-0.2, -0.15) is 0 Å². The van der Waals surface area contributed by atoms with E-state index in [1.54, 1.807) is 0 Å². The van der Waals surface area contributed by atoms with Crippen LogP contribution in [0.2, 0.25) is 0 Å². The van der Waals surface area contributed by atoms with E-state index in [0.717, 1.165) is 29.6 Å². The Morgan fingerprint density at radius 3 is 2.50 bits per heavy atom. The standard InChI is InChI=1S/C22H25N3O/c1-24-16-19(18-11-5-6-12-20(18)24)22(26)23-15-21(25-13-7-8-14-25)17-9-3-2-4-10-17/h2-6,9-12,16,21H,7-8,13-15H2,1H3,(H,23,26). The minimum absolute atomic E-state index is 0.00179. The van der Waals surface area contributed by atoms with Gasteiger partial charge >= 0.3 is 0 Å². The normalized spacial score (nSPS) is 16.0. The number of carbonyl (C=O) groups excluding carboxylic acids is 1. The summed E-state index contributed by atoms with van der Waals surface area (Å²) in [6, 6.07) is 18.8. The second-order valence-corrected chi connectivity index (χ2v) is 7.05. The Labute approximate surface area is 154 Å². The lowest BCUT2D eigenvalue weighted by Crippen LogP contribution is -2.36. The first kappa shape index (κ1) is 16.9. The Morgan fingerprint density at radius 2 is 1.73 bits per heavy atom. The van der Waals surface area contributed by atoms with Crippen LogP contribution in [0.3, 0.4) is 0 Å². The zero-order chi connectivity index (χ0) is 17.9. The van der Waals surface area contributed by atoms with Crippen LogP contribution in [-0.2, 0) is 7.05 Å². The maximum atomic E-state index is 12.9. The smallest absolute Gasteiger partial charge is 0.253 e. The monoisotopic (exact) mass is 347 g/mol. The molecule has 4 nitrogen and oxygen atoms in total. The van der Waals surface area contributed by atoms with Gasteiger partial charge in [-0.3, -0.25) is 9.69 Å². The Balaban J connectivity index is 1.54. The van der Waals surface area contributed by atoms with Crippen LogP contribution >= 0.6 is 0 Å². The molecule has 4 heteroatoms. The van der Waals surface area contributed by atoms with Crippen LogP contribution in [0.4, 0.5) is 0 Å². The molecule has 134 valence electrons. The Kier molecular flexibility index (Phi) is 4.76. The largest absolute Gasteiger partial charge is 0.350 e. The van der Waals surface area contributed by atoms with Crippen molar-refractivity contribution in [3.05, 3.63) is 71.9 Å². The first-order chi connectivity index (χ1) is 12.7. The summed E-state index contributed by atoms with van der Waals surface area (Å²) in [4.78, 5) is 15.4. The number of carbonyl (C=O) groups is 1. The van der Waals surface area contributed by atoms with Crippen molar-refractivity contribution in [1.29, 1.82) is 0 Å². The molecule has 0 bridgehead atoms. The summed E-state index contributed by atoms with van der Waals surface area (Å²) in [6.45, 7) is 2.83. The van der Waals surface area contributed by atoms with Gasteiger partial charge in [0.15, 0.2) is 0 Å². The number of nitrogens with zero attached hydrogens (tertiary/aromatic N) is 2. The molecule has 2 aromatic carbocycles. The average molecular weight is 347 g/mol. The highest BCUT2D eigenvalue weighted by Crippen LogP contribution is 2.25. The number of hydrogen-bond acceptors (Lipinski definition) is 2. The molecule has 1 N–H and O–H groups in total. The lowest BCUT2D eigenvalue weighted by atomic mass is 10.1. The third-order valence-electron chi connectivity index (χ3n) is 5.36. The van der Waals surface area contributed by atoms with E-state index in [4.69, 9.17) is 0 Å². The molecular formula is C22H25N3O. The topological polar surface area (TPSA) is 37.3 Å². The van der Waals surface area contributed by atoms with Crippen molar-refractivity contribution in [2.24, 2.45) is 7.05 Å². The van der Waals surface area contributed by atoms with Gasteiger partial charge in [0.1, 0.15) is 0 Å². The number of para-hydroxylation sites is 1. The Bertz CT molecular complexity index is 894. The molecule has 0 saturated carbocycles. The number of nitrogens with one attached hydrogen (secondary N) is 1. The number of rotatable bonds is 5. The number of hydrogen-bond donors (Lipinski definition) is 1. The summed E-state index contributed by atoms with van der Waals surface area (Å²) < 4.78 is 2.01. The summed E-state index contributed by atoms with van der Waals surface area (Å²) >= 11 is 0. The van der Waals surface area contributed by atoms with Crippen molar-refractivity contribution in [3.8, 4) is 0 Å². The minimum Gasteiger partial charge on any atom is -0.350 e. The number of fused-ring (bicyclic) bond motifs is 1. The zero-order valence-electron chi connectivity index (χ0n) is 15.2. The molecule has 0 radical (unpaired) electrons. The molecule has 1 unspecified atom stereocenters. The second kappa shape index (κ2) is 7.34. The number of aromatic nitrogens is 1. The number of benzene rings is 2. The van der Waals surface area contributed by atoms with Crippen LogP contribution in [-0.4, -0.2) is 35.0 Å². The third kappa shape index (κ3) is 3.25. The quantitative estimate of drug-likeness (QED) is 0.763. The van der Waals surface area contributed by atoms with E-state index in [1.165, 1.54) is 18.4 Å². The molecule has 26 heavy (non-hydrogen) atoms. The molecule has 0 spiro atoms. The molecule has 4 rings (SSSR count). The SMILES string of the molecule is Cn1cc(C(=O)NCC(c2ccccc2)N2CCCC2)c2ccccc21. The molecule has 1 amide bonds. The fraction of sp³-hybridized carbons (Fsp3) is 0.318. The predicted molar refractivity (Wildman–Crippen MR) is 105 cm³/mol. The Hall–Kier alpha value is -2.59. The zero-order valence-corrected chi connectivity index (χ0v) is 15.2. The van der Waals surface area contributed by atoms with Crippen LogP contribution in [0.1, 0.15) is 34.8 Å². The lowest BCUT2D eigenvalue weighted by molar-refractivity contribution is 0.0939. The molecular weight excluding hydrogens is 322 g/mol. The van der Waals surface area contributed by atoms with Gasteiger partial charge in [0.2, 0.25) is 0 Å². The molecule has 3 aromatic rings. The molecule has 2 heterocycles. The van der Waals surface area contributed by atoms with Crippen molar-refractivity contribution < 1.29 is 4.79 Å². The molecule has 1 saturated heterocycles. The maximum Gasteiger partial charge on any atom is 0.253 e. The van der Waals surface area contributed by atoms with Crippen molar-refractivity contribution in [2.75, 3.05) is 19.6 Å². The number of amides is 1. The van der Waals surface area contributed by atoms with E-state index in [0.29, 0.717) is 6.54 Å². The molecule has 1 fully saturated rings. The number of aryl methyl sites for hydroxylation is 1. The first-order valence-electron chi connectivity index (χ1n) is 9.35. The van der Waals surface area contributed by atoms with Crippen LogP contribution in [0.25, 0.3) is 10.9 Å². The second-order valence-electron chi connectivity index (χ2n) is 7.05. The summed E-state index contributed by atoms with van der Waals surface area (Å²) in [5, 5.41) is 4.19. The average Bonchev–Trinajstić information content (AvgIpc) is 3.32. The van der Waals surface area contributed by atoms with Gasteiger partial charge in [-0.25, -0.2) is 0 Å². The third-order valence-corrected chi connectivity index (χ3v) is 5.36. The highest BCUT2D eigenvalue weighted by Gasteiger charge is 2.24. The molecule has 1 aliphatic rings. The van der Waals surface area contributed by atoms with Gasteiger partial charge in [-0.15, -0.1) is 0 Å². The summed E-state index contributed by atoms with van der Waals surface area (Å²) in [6.07, 6.45) is 4.40. The highest BCUT2D eigenvalue weighted by atomic mass is 16.1. The summed E-state index contributed by atoms with van der Waals surface area (Å²) in [5.74, 6) is 0.00179.